The van der Waals surface area contributed by atoms with Crippen LogP contribution in [-0.4, -0.2) is 14.6 Å². The van der Waals surface area contributed by atoms with Crippen LogP contribution in [0.5, 0.6) is 0 Å². The van der Waals surface area contributed by atoms with Gasteiger partial charge in [0.1, 0.15) is 11.5 Å². The molecule has 0 aliphatic rings. The van der Waals surface area contributed by atoms with Gasteiger partial charge < -0.3 is 10.2 Å². The summed E-state index contributed by atoms with van der Waals surface area (Å²) in [5.41, 5.74) is 8.36. The molecule has 2 N–H and O–H groups in total. The number of nitrogens with zero attached hydrogens (tertiary/aromatic N) is 3. The third-order valence-corrected chi connectivity index (χ3v) is 2.45. The van der Waals surface area contributed by atoms with Gasteiger partial charge in [0.2, 0.25) is 0 Å². The van der Waals surface area contributed by atoms with E-state index in [4.69, 9.17) is 10.2 Å². The monoisotopic (exact) mass is 244 g/mol. The van der Waals surface area contributed by atoms with Gasteiger partial charge in [0.05, 0.1) is 12.5 Å². The summed E-state index contributed by atoms with van der Waals surface area (Å²) in [6.45, 7) is 5.95. The number of fused-ring (bicyclic) bond motifs is 1. The Morgan fingerprint density at radius 2 is 2.11 bits per heavy atom. The van der Waals surface area contributed by atoms with Crippen LogP contribution < -0.4 is 5.73 Å². The third kappa shape index (κ3) is 1.95. The van der Waals surface area contributed by atoms with Crippen molar-refractivity contribution in [3.63, 3.8) is 0 Å². The number of hydrogen-bond donors (Lipinski definition) is 1. The Labute approximate surface area is 105 Å². The molecule has 0 saturated heterocycles. The molecule has 0 aliphatic carbocycles. The van der Waals surface area contributed by atoms with E-state index in [-0.39, 0.29) is 0 Å². The minimum atomic E-state index is 0.546. The Morgan fingerprint density at radius 3 is 2.78 bits per heavy atom. The Balaban J connectivity index is 0.000000574. The van der Waals surface area contributed by atoms with E-state index in [1.54, 1.807) is 23.0 Å². The van der Waals surface area contributed by atoms with Crippen molar-refractivity contribution < 1.29 is 4.42 Å². The van der Waals surface area contributed by atoms with Crippen LogP contribution in [0.25, 0.3) is 17.1 Å². The number of aromatic nitrogens is 3. The molecule has 0 radical (unpaired) electrons. The summed E-state index contributed by atoms with van der Waals surface area (Å²) in [6, 6.07) is 5.42. The second kappa shape index (κ2) is 4.91. The Kier molecular flexibility index (Phi) is 3.32. The van der Waals surface area contributed by atoms with Crippen LogP contribution in [0, 0.1) is 6.92 Å². The highest BCUT2D eigenvalue weighted by Crippen LogP contribution is 2.22. The zero-order valence-electron chi connectivity index (χ0n) is 10.7. The molecule has 3 aromatic rings. The van der Waals surface area contributed by atoms with Crippen LogP contribution in [0.3, 0.4) is 0 Å². The molecule has 3 rings (SSSR count). The number of nitrogen functional groups attached to an aromatic ring is 1. The van der Waals surface area contributed by atoms with E-state index in [2.05, 4.69) is 10.1 Å². The normalized spacial score (nSPS) is 10.2. The van der Waals surface area contributed by atoms with E-state index in [9.17, 15) is 0 Å². The minimum Gasteiger partial charge on any atom is -0.463 e. The molecule has 0 unspecified atom stereocenters. The molecule has 18 heavy (non-hydrogen) atoms. The fraction of sp³-hybridized carbons (Fsp3) is 0.231. The Bertz CT molecular complexity index is 640. The number of aryl methyl sites for hydroxylation is 1. The van der Waals surface area contributed by atoms with Crippen LogP contribution in [0.1, 0.15) is 19.4 Å². The lowest BCUT2D eigenvalue weighted by molar-refractivity contribution is 0.580. The molecular formula is C13H16N4O. The highest BCUT2D eigenvalue weighted by Gasteiger charge is 2.09. The van der Waals surface area contributed by atoms with E-state index < -0.39 is 0 Å². The lowest BCUT2D eigenvalue weighted by atomic mass is 10.3. The molecule has 0 aliphatic heterocycles. The molecule has 5 heteroatoms. The van der Waals surface area contributed by atoms with Crippen LogP contribution in [0.4, 0.5) is 5.82 Å². The van der Waals surface area contributed by atoms with Crippen molar-refractivity contribution in [3.05, 3.63) is 36.2 Å². The average molecular weight is 244 g/mol. The molecule has 0 atom stereocenters. The summed E-state index contributed by atoms with van der Waals surface area (Å²) < 4.78 is 6.91. The van der Waals surface area contributed by atoms with Gasteiger partial charge in [-0.15, -0.1) is 0 Å². The molecule has 94 valence electrons. The first-order chi connectivity index (χ1) is 8.75. The smallest absolute Gasteiger partial charge is 0.161 e. The summed E-state index contributed by atoms with van der Waals surface area (Å²) in [5, 5.41) is 4.14. The maximum atomic E-state index is 5.90. The maximum Gasteiger partial charge on any atom is 0.161 e. The van der Waals surface area contributed by atoms with Crippen molar-refractivity contribution in [2.45, 2.75) is 20.8 Å². The molecule has 3 aromatic heterocycles. The van der Waals surface area contributed by atoms with Crippen LogP contribution in [0.2, 0.25) is 0 Å². The number of rotatable bonds is 1. The van der Waals surface area contributed by atoms with Crippen molar-refractivity contribution in [1.29, 1.82) is 0 Å². The first kappa shape index (κ1) is 12.2. The van der Waals surface area contributed by atoms with Gasteiger partial charge in [-0.05, 0) is 19.1 Å². The van der Waals surface area contributed by atoms with E-state index in [1.807, 2.05) is 32.9 Å². The van der Waals surface area contributed by atoms with Gasteiger partial charge in [-0.3, -0.25) is 0 Å². The van der Waals surface area contributed by atoms with E-state index >= 15 is 0 Å². The fourth-order valence-corrected chi connectivity index (χ4v) is 1.65. The summed E-state index contributed by atoms with van der Waals surface area (Å²) in [5.74, 6) is 1.25. The van der Waals surface area contributed by atoms with Gasteiger partial charge >= 0.3 is 0 Å². The third-order valence-electron chi connectivity index (χ3n) is 2.45. The Morgan fingerprint density at radius 1 is 1.33 bits per heavy atom. The zero-order chi connectivity index (χ0) is 13.1. The number of nitrogens with two attached hydrogens (primary N) is 1. The van der Waals surface area contributed by atoms with Crippen molar-refractivity contribution in [3.8, 4) is 11.5 Å². The lowest BCUT2D eigenvalue weighted by Gasteiger charge is -2.02. The molecule has 0 spiro atoms. The second-order valence-corrected chi connectivity index (χ2v) is 3.61. The van der Waals surface area contributed by atoms with Crippen LogP contribution >= 0.6 is 0 Å². The van der Waals surface area contributed by atoms with Crippen LogP contribution in [0.15, 0.2) is 35.1 Å². The molecule has 0 aromatic carbocycles. The molecule has 0 saturated carbocycles. The first-order valence-electron chi connectivity index (χ1n) is 5.90. The number of hydrogen-bond acceptors (Lipinski definition) is 4. The summed E-state index contributed by atoms with van der Waals surface area (Å²) in [4.78, 5) is 4.46. The quantitative estimate of drug-likeness (QED) is 0.714. The van der Waals surface area contributed by atoms with Gasteiger partial charge in [0.25, 0.3) is 0 Å². The maximum absolute atomic E-state index is 5.90. The predicted molar refractivity (Wildman–Crippen MR) is 71.2 cm³/mol. The van der Waals surface area contributed by atoms with Gasteiger partial charge in [0.15, 0.2) is 11.4 Å². The van der Waals surface area contributed by atoms with Gasteiger partial charge in [-0.25, -0.2) is 4.98 Å². The second-order valence-electron chi connectivity index (χ2n) is 3.61. The van der Waals surface area contributed by atoms with Crippen molar-refractivity contribution in [2.24, 2.45) is 0 Å². The highest BCUT2D eigenvalue weighted by atomic mass is 16.3. The Hall–Kier alpha value is -2.30. The van der Waals surface area contributed by atoms with Crippen molar-refractivity contribution in [2.75, 3.05) is 5.73 Å². The summed E-state index contributed by atoms with van der Waals surface area (Å²) in [7, 11) is 0. The average Bonchev–Trinajstić information content (AvgIpc) is 3.02. The first-order valence-corrected chi connectivity index (χ1v) is 5.90. The zero-order valence-corrected chi connectivity index (χ0v) is 10.7. The largest absolute Gasteiger partial charge is 0.463 e. The highest BCUT2D eigenvalue weighted by molar-refractivity contribution is 5.63. The van der Waals surface area contributed by atoms with E-state index in [0.717, 1.165) is 16.9 Å². The lowest BCUT2D eigenvalue weighted by Crippen LogP contribution is -2.01. The molecule has 0 amide bonds. The molecule has 3 heterocycles. The van der Waals surface area contributed by atoms with Gasteiger partial charge in [-0.1, -0.05) is 13.8 Å². The molecule has 0 bridgehead atoms. The van der Waals surface area contributed by atoms with Crippen molar-refractivity contribution >= 4 is 11.5 Å². The van der Waals surface area contributed by atoms with E-state index in [0.29, 0.717) is 11.6 Å². The van der Waals surface area contributed by atoms with Crippen LogP contribution in [-0.2, 0) is 0 Å². The van der Waals surface area contributed by atoms with E-state index in [1.165, 1.54) is 0 Å². The predicted octanol–water partition coefficient (Wildman–Crippen LogP) is 2.91. The molecule has 0 fully saturated rings. The number of furan rings is 1. The minimum absolute atomic E-state index is 0.546. The standard InChI is InChI=1S/C11H10N4O.C2H6/c1-7-6-13-15-10(12)5-8(14-11(7)15)9-3-2-4-16-9;1-2/h2-6H,12H2,1H3;1-2H3. The van der Waals surface area contributed by atoms with Crippen molar-refractivity contribution in [1.82, 2.24) is 14.6 Å². The summed E-state index contributed by atoms with van der Waals surface area (Å²) >= 11 is 0. The number of anilines is 1. The molecule has 5 nitrogen and oxygen atoms in total. The fourth-order valence-electron chi connectivity index (χ4n) is 1.65. The SMILES string of the molecule is CC.Cc1cnn2c(N)cc(-c3ccco3)nc12. The summed E-state index contributed by atoms with van der Waals surface area (Å²) in [6.07, 6.45) is 3.35. The van der Waals surface area contributed by atoms with Gasteiger partial charge in [0, 0.05) is 11.6 Å². The topological polar surface area (TPSA) is 69.3 Å². The van der Waals surface area contributed by atoms with Gasteiger partial charge in [-0.2, -0.15) is 9.61 Å². The molecular weight excluding hydrogens is 228 g/mol.